The summed E-state index contributed by atoms with van der Waals surface area (Å²) >= 11 is 5.45. The Labute approximate surface area is 66.1 Å². The van der Waals surface area contributed by atoms with Crippen molar-refractivity contribution in [3.8, 4) is 0 Å². The van der Waals surface area contributed by atoms with Crippen LogP contribution in [-0.4, -0.2) is 10.5 Å². The second-order valence-corrected chi connectivity index (χ2v) is 2.53. The average molecular weight is 159 g/mol. The van der Waals surface area contributed by atoms with Crippen LogP contribution in [0.4, 0.5) is 0 Å². The summed E-state index contributed by atoms with van der Waals surface area (Å²) in [7, 11) is 0. The zero-order valence-corrected chi connectivity index (χ0v) is 7.18. The molecule has 0 aliphatic carbocycles. The van der Waals surface area contributed by atoms with Crippen LogP contribution < -0.4 is 0 Å². The van der Waals surface area contributed by atoms with Crippen molar-refractivity contribution in [1.82, 2.24) is 0 Å². The quantitative estimate of drug-likeness (QED) is 0.336. The van der Waals surface area contributed by atoms with E-state index >= 15 is 0 Å². The van der Waals surface area contributed by atoms with Gasteiger partial charge in [-0.05, 0) is 19.4 Å². The van der Waals surface area contributed by atoms with Crippen LogP contribution in [0.1, 0.15) is 20.8 Å². The molecule has 0 aliphatic rings. The Morgan fingerprint density at radius 1 is 1.60 bits per heavy atom. The zero-order valence-electron chi connectivity index (χ0n) is 6.43. The molecule has 2 nitrogen and oxygen atoms in total. The van der Waals surface area contributed by atoms with Gasteiger partial charge in [0.25, 0.3) is 5.71 Å². The van der Waals surface area contributed by atoms with Gasteiger partial charge in [-0.3, -0.25) is 0 Å². The first-order chi connectivity index (χ1) is 4.63. The average Bonchev–Trinajstić information content (AvgIpc) is 2.00. The summed E-state index contributed by atoms with van der Waals surface area (Å²) in [5.74, 6) is 0.127. The third-order valence-electron chi connectivity index (χ3n) is 1.64. The summed E-state index contributed by atoms with van der Waals surface area (Å²) in [4.78, 5) is 3.07. The Morgan fingerprint density at radius 2 is 2.10 bits per heavy atom. The van der Waals surface area contributed by atoms with Gasteiger partial charge >= 0.3 is 0 Å². The van der Waals surface area contributed by atoms with E-state index in [1.807, 2.05) is 13.8 Å². The molecule has 1 atom stereocenters. The van der Waals surface area contributed by atoms with E-state index in [4.69, 9.17) is 17.1 Å². The van der Waals surface area contributed by atoms with E-state index in [0.717, 1.165) is 5.57 Å². The van der Waals surface area contributed by atoms with Crippen molar-refractivity contribution in [3.05, 3.63) is 16.6 Å². The van der Waals surface area contributed by atoms with E-state index in [-0.39, 0.29) is 5.92 Å². The smallest absolute Gasteiger partial charge is 0.272 e. The van der Waals surface area contributed by atoms with Crippen LogP contribution >= 0.6 is 11.6 Å². The molecule has 0 heterocycles. The van der Waals surface area contributed by atoms with E-state index in [9.17, 15) is 0 Å². The Bertz CT molecular complexity index is 190. The van der Waals surface area contributed by atoms with Crippen molar-refractivity contribution >= 4 is 17.3 Å². The lowest BCUT2D eigenvalue weighted by atomic mass is 10.0. The van der Waals surface area contributed by atoms with Crippen LogP contribution in [0.25, 0.3) is 5.53 Å². The number of hydrogen-bond acceptors (Lipinski definition) is 0. The molecule has 0 aromatic rings. The van der Waals surface area contributed by atoms with E-state index in [1.165, 1.54) is 5.54 Å². The minimum Gasteiger partial charge on any atom is -0.362 e. The van der Waals surface area contributed by atoms with Crippen molar-refractivity contribution in [1.29, 1.82) is 0 Å². The Balaban J connectivity index is 4.37. The summed E-state index contributed by atoms with van der Waals surface area (Å²) in [6, 6.07) is 0. The molecule has 0 aromatic carbocycles. The first-order valence-electron chi connectivity index (χ1n) is 3.09. The van der Waals surface area contributed by atoms with Gasteiger partial charge in [0.05, 0.1) is 5.92 Å². The third kappa shape index (κ3) is 2.34. The number of hydrogen-bond donors (Lipinski definition) is 0. The van der Waals surface area contributed by atoms with Crippen molar-refractivity contribution in [3.63, 3.8) is 0 Å². The van der Waals surface area contributed by atoms with E-state index < -0.39 is 0 Å². The zero-order chi connectivity index (χ0) is 8.15. The van der Waals surface area contributed by atoms with E-state index in [2.05, 4.69) is 4.79 Å². The molecule has 0 spiro atoms. The number of rotatable bonds is 2. The van der Waals surface area contributed by atoms with E-state index in [0.29, 0.717) is 5.71 Å². The molecule has 1 unspecified atom stereocenters. The molecule has 0 amide bonds. The molecule has 3 heteroatoms. The normalized spacial score (nSPS) is 14.2. The predicted molar refractivity (Wildman–Crippen MR) is 43.1 cm³/mol. The molecule has 0 N–H and O–H groups in total. The highest BCUT2D eigenvalue weighted by molar-refractivity contribution is 6.25. The van der Waals surface area contributed by atoms with Gasteiger partial charge in [0, 0.05) is 12.5 Å². The molecule has 0 fully saturated rings. The minimum atomic E-state index is 0.127. The van der Waals surface area contributed by atoms with Crippen LogP contribution in [0.5, 0.6) is 0 Å². The van der Waals surface area contributed by atoms with Crippen LogP contribution in [0.2, 0.25) is 0 Å². The van der Waals surface area contributed by atoms with Crippen LogP contribution in [0.3, 0.4) is 0 Å². The molecular weight excluding hydrogens is 148 g/mol. The second-order valence-electron chi connectivity index (χ2n) is 2.32. The highest BCUT2D eigenvalue weighted by Gasteiger charge is 2.13. The van der Waals surface area contributed by atoms with E-state index in [1.54, 1.807) is 6.92 Å². The fourth-order valence-corrected chi connectivity index (χ4v) is 0.700. The number of nitrogens with zero attached hydrogens (tertiary/aromatic N) is 2. The van der Waals surface area contributed by atoms with Gasteiger partial charge in [-0.1, -0.05) is 11.6 Å². The Kier molecular flexibility index (Phi) is 4.01. The van der Waals surface area contributed by atoms with Crippen molar-refractivity contribution in [2.75, 3.05) is 0 Å². The summed E-state index contributed by atoms with van der Waals surface area (Å²) in [6.07, 6.45) is 0. The van der Waals surface area contributed by atoms with Gasteiger partial charge in [0.1, 0.15) is 0 Å². The first kappa shape index (κ1) is 9.41. The number of halogens is 1. The molecule has 0 aliphatic heterocycles. The highest BCUT2D eigenvalue weighted by Crippen LogP contribution is 2.10. The standard InChI is InChI=1S/C7H11ClN2/c1-5(4-8)6(2)7(3)10-9/h4,6H,1-3H3. The first-order valence-corrected chi connectivity index (χ1v) is 3.52. The molecule has 0 saturated carbocycles. The minimum absolute atomic E-state index is 0.127. The van der Waals surface area contributed by atoms with Gasteiger partial charge in [-0.25, -0.2) is 0 Å². The highest BCUT2D eigenvalue weighted by atomic mass is 35.5. The fourth-order valence-electron chi connectivity index (χ4n) is 0.511. The Morgan fingerprint density at radius 3 is 2.40 bits per heavy atom. The SMILES string of the molecule is CC(=CCl)C(C)C(C)=[N+]=[N-]. The molecule has 56 valence electrons. The monoisotopic (exact) mass is 158 g/mol. The fraction of sp³-hybridized carbons (Fsp3) is 0.571. The van der Waals surface area contributed by atoms with Crippen molar-refractivity contribution in [2.24, 2.45) is 5.92 Å². The topological polar surface area (TPSA) is 36.4 Å². The lowest BCUT2D eigenvalue weighted by molar-refractivity contribution is -0.0115. The maximum atomic E-state index is 8.37. The molecular formula is C7H11ClN2. The van der Waals surface area contributed by atoms with Crippen molar-refractivity contribution in [2.45, 2.75) is 20.8 Å². The molecule has 0 bridgehead atoms. The largest absolute Gasteiger partial charge is 0.362 e. The summed E-state index contributed by atoms with van der Waals surface area (Å²) in [6.45, 7) is 5.59. The van der Waals surface area contributed by atoms with Gasteiger partial charge in [-0.2, -0.15) is 4.79 Å². The van der Waals surface area contributed by atoms with Gasteiger partial charge in [0.15, 0.2) is 0 Å². The molecule has 0 saturated heterocycles. The van der Waals surface area contributed by atoms with Gasteiger partial charge in [0.2, 0.25) is 0 Å². The lowest BCUT2D eigenvalue weighted by Gasteiger charge is -2.01. The van der Waals surface area contributed by atoms with Crippen LogP contribution in [0, 0.1) is 5.92 Å². The second kappa shape index (κ2) is 4.26. The maximum Gasteiger partial charge on any atom is 0.272 e. The van der Waals surface area contributed by atoms with Gasteiger partial charge in [-0.15, -0.1) is 0 Å². The molecule has 10 heavy (non-hydrogen) atoms. The molecule has 0 rings (SSSR count). The summed E-state index contributed by atoms with van der Waals surface area (Å²) in [5.41, 5.74) is 11.5. The predicted octanol–water partition coefficient (Wildman–Crippen LogP) is 2.46. The van der Waals surface area contributed by atoms with Gasteiger partial charge < -0.3 is 5.53 Å². The molecule has 0 radical (unpaired) electrons. The number of allylic oxidation sites excluding steroid dienone is 1. The van der Waals surface area contributed by atoms with Crippen LogP contribution in [0.15, 0.2) is 11.1 Å². The Hall–Kier alpha value is -0.590. The van der Waals surface area contributed by atoms with Crippen molar-refractivity contribution < 1.29 is 4.79 Å². The maximum absolute atomic E-state index is 8.37. The molecule has 0 aromatic heterocycles. The summed E-state index contributed by atoms with van der Waals surface area (Å²) in [5, 5.41) is 0. The lowest BCUT2D eigenvalue weighted by Crippen LogP contribution is -2.08. The third-order valence-corrected chi connectivity index (χ3v) is 1.98. The summed E-state index contributed by atoms with van der Waals surface area (Å²) < 4.78 is 0. The van der Waals surface area contributed by atoms with Crippen LogP contribution in [-0.2, 0) is 0 Å².